The Hall–Kier alpha value is -0.950. The number of nitrogens with one attached hydrogen (secondary N) is 1. The zero-order chi connectivity index (χ0) is 13.7. The molecule has 2 aromatic rings. The van der Waals surface area contributed by atoms with Crippen molar-refractivity contribution in [1.29, 1.82) is 0 Å². The van der Waals surface area contributed by atoms with Gasteiger partial charge in [0.05, 0.1) is 18.8 Å². The SMILES string of the molecule is CCCOc1cncc(C(NN)c2sccc2Br)c1. The van der Waals surface area contributed by atoms with Crippen LogP contribution >= 0.6 is 27.3 Å². The van der Waals surface area contributed by atoms with Gasteiger partial charge in [-0.1, -0.05) is 6.92 Å². The van der Waals surface area contributed by atoms with E-state index in [1.165, 1.54) is 0 Å². The Morgan fingerprint density at radius 2 is 2.37 bits per heavy atom. The van der Waals surface area contributed by atoms with E-state index in [1.807, 2.05) is 17.5 Å². The van der Waals surface area contributed by atoms with Gasteiger partial charge in [-0.15, -0.1) is 11.3 Å². The molecular formula is C13H16BrN3OS. The van der Waals surface area contributed by atoms with Gasteiger partial charge in [-0.3, -0.25) is 10.8 Å². The minimum atomic E-state index is -0.0907. The van der Waals surface area contributed by atoms with Crippen molar-refractivity contribution < 1.29 is 4.74 Å². The Kier molecular flexibility index (Phi) is 5.33. The molecular weight excluding hydrogens is 326 g/mol. The summed E-state index contributed by atoms with van der Waals surface area (Å²) in [6.07, 6.45) is 4.49. The first-order valence-electron chi connectivity index (χ1n) is 6.03. The molecule has 0 bridgehead atoms. The normalized spacial score (nSPS) is 12.4. The van der Waals surface area contributed by atoms with Crippen LogP contribution in [0, 0.1) is 0 Å². The maximum atomic E-state index is 5.68. The minimum Gasteiger partial charge on any atom is -0.492 e. The topological polar surface area (TPSA) is 60.2 Å². The van der Waals surface area contributed by atoms with E-state index in [-0.39, 0.29) is 6.04 Å². The predicted octanol–water partition coefficient (Wildman–Crippen LogP) is 3.25. The van der Waals surface area contributed by atoms with Gasteiger partial charge in [0.2, 0.25) is 0 Å². The van der Waals surface area contributed by atoms with Gasteiger partial charge in [-0.2, -0.15) is 0 Å². The lowest BCUT2D eigenvalue weighted by Crippen LogP contribution is -2.28. The third kappa shape index (κ3) is 3.54. The lowest BCUT2D eigenvalue weighted by Gasteiger charge is -2.16. The summed E-state index contributed by atoms with van der Waals surface area (Å²) >= 11 is 5.17. The molecule has 0 fully saturated rings. The molecule has 0 aromatic carbocycles. The summed E-state index contributed by atoms with van der Waals surface area (Å²) < 4.78 is 6.64. The molecule has 6 heteroatoms. The summed E-state index contributed by atoms with van der Waals surface area (Å²) in [4.78, 5) is 5.34. The molecule has 0 amide bonds. The number of thiophene rings is 1. The van der Waals surface area contributed by atoms with Crippen LogP contribution < -0.4 is 16.0 Å². The third-order valence-corrected chi connectivity index (χ3v) is 4.55. The van der Waals surface area contributed by atoms with Gasteiger partial charge < -0.3 is 4.74 Å². The standard InChI is InChI=1S/C13H16BrN3OS/c1-2-4-18-10-6-9(7-16-8-10)12(17-15)13-11(14)3-5-19-13/h3,5-8,12,17H,2,4,15H2,1H3. The Labute approximate surface area is 125 Å². The number of hydrogen-bond donors (Lipinski definition) is 2. The van der Waals surface area contributed by atoms with Crippen molar-refractivity contribution in [1.82, 2.24) is 10.4 Å². The summed E-state index contributed by atoms with van der Waals surface area (Å²) in [6.45, 7) is 2.76. The summed E-state index contributed by atoms with van der Waals surface area (Å²) in [5.74, 6) is 6.45. The van der Waals surface area contributed by atoms with Crippen molar-refractivity contribution in [2.24, 2.45) is 5.84 Å². The quantitative estimate of drug-likeness (QED) is 0.625. The lowest BCUT2D eigenvalue weighted by molar-refractivity contribution is 0.315. The van der Waals surface area contributed by atoms with Gasteiger partial charge >= 0.3 is 0 Å². The highest BCUT2D eigenvalue weighted by atomic mass is 79.9. The molecule has 0 aliphatic rings. The first kappa shape index (κ1) is 14.5. The number of hydrazine groups is 1. The summed E-state index contributed by atoms with van der Waals surface area (Å²) in [5.41, 5.74) is 3.82. The van der Waals surface area contributed by atoms with Gasteiger partial charge in [-0.25, -0.2) is 5.43 Å². The maximum absolute atomic E-state index is 5.68. The molecule has 0 saturated heterocycles. The van der Waals surface area contributed by atoms with Crippen molar-refractivity contribution in [2.45, 2.75) is 19.4 Å². The third-order valence-electron chi connectivity index (χ3n) is 2.61. The number of halogens is 1. The van der Waals surface area contributed by atoms with Crippen LogP contribution in [0.15, 0.2) is 34.4 Å². The van der Waals surface area contributed by atoms with Crippen molar-refractivity contribution in [3.05, 3.63) is 44.8 Å². The maximum Gasteiger partial charge on any atom is 0.137 e. The first-order valence-corrected chi connectivity index (χ1v) is 7.70. The molecule has 0 aliphatic heterocycles. The van der Waals surface area contributed by atoms with Crippen molar-refractivity contribution >= 4 is 27.3 Å². The number of hydrogen-bond acceptors (Lipinski definition) is 5. The largest absolute Gasteiger partial charge is 0.492 e. The second-order valence-corrected chi connectivity index (χ2v) is 5.84. The van der Waals surface area contributed by atoms with Crippen molar-refractivity contribution in [3.63, 3.8) is 0 Å². The highest BCUT2D eigenvalue weighted by molar-refractivity contribution is 9.10. The number of pyridine rings is 1. The van der Waals surface area contributed by atoms with E-state index < -0.39 is 0 Å². The number of rotatable bonds is 6. The van der Waals surface area contributed by atoms with E-state index >= 15 is 0 Å². The number of aromatic nitrogens is 1. The van der Waals surface area contributed by atoms with E-state index in [0.717, 1.165) is 27.1 Å². The minimum absolute atomic E-state index is 0.0907. The van der Waals surface area contributed by atoms with Crippen molar-refractivity contribution in [3.8, 4) is 5.75 Å². The fraction of sp³-hybridized carbons (Fsp3) is 0.308. The van der Waals surface area contributed by atoms with Crippen LogP contribution in [0.25, 0.3) is 0 Å². The second kappa shape index (κ2) is 7.00. The molecule has 2 rings (SSSR count). The molecule has 1 atom stereocenters. The van der Waals surface area contributed by atoms with Gasteiger partial charge in [-0.05, 0) is 45.4 Å². The van der Waals surface area contributed by atoms with Crippen molar-refractivity contribution in [2.75, 3.05) is 6.61 Å². The molecule has 3 N–H and O–H groups in total. The second-order valence-electron chi connectivity index (χ2n) is 4.03. The van der Waals surface area contributed by atoms with Crippen LogP contribution in [-0.2, 0) is 0 Å². The molecule has 0 radical (unpaired) electrons. The zero-order valence-electron chi connectivity index (χ0n) is 10.6. The molecule has 102 valence electrons. The highest BCUT2D eigenvalue weighted by Crippen LogP contribution is 2.33. The Morgan fingerprint density at radius 3 is 3.00 bits per heavy atom. The number of nitrogens with zero attached hydrogens (tertiary/aromatic N) is 1. The van der Waals surface area contributed by atoms with Crippen LogP contribution in [0.3, 0.4) is 0 Å². The van der Waals surface area contributed by atoms with Crippen LogP contribution in [0.2, 0.25) is 0 Å². The Bertz CT molecular complexity index is 532. The smallest absolute Gasteiger partial charge is 0.137 e. The first-order chi connectivity index (χ1) is 9.26. The van der Waals surface area contributed by atoms with Gasteiger partial charge in [0.1, 0.15) is 5.75 Å². The average Bonchev–Trinajstić information content (AvgIpc) is 2.84. The predicted molar refractivity (Wildman–Crippen MR) is 81.2 cm³/mol. The van der Waals surface area contributed by atoms with Crippen LogP contribution in [-0.4, -0.2) is 11.6 Å². The molecule has 1 unspecified atom stereocenters. The Morgan fingerprint density at radius 1 is 1.53 bits per heavy atom. The molecule has 19 heavy (non-hydrogen) atoms. The van der Waals surface area contributed by atoms with E-state index in [9.17, 15) is 0 Å². The number of nitrogens with two attached hydrogens (primary N) is 1. The Balaban J connectivity index is 2.26. The molecule has 2 heterocycles. The number of ether oxygens (including phenoxy) is 1. The molecule has 0 saturated carbocycles. The summed E-state index contributed by atoms with van der Waals surface area (Å²) in [7, 11) is 0. The highest BCUT2D eigenvalue weighted by Gasteiger charge is 2.17. The monoisotopic (exact) mass is 341 g/mol. The molecule has 2 aromatic heterocycles. The van der Waals surface area contributed by atoms with E-state index in [0.29, 0.717) is 6.61 Å². The van der Waals surface area contributed by atoms with Crippen LogP contribution in [0.1, 0.15) is 29.8 Å². The van der Waals surface area contributed by atoms with E-state index in [1.54, 1.807) is 23.7 Å². The average molecular weight is 342 g/mol. The fourth-order valence-electron chi connectivity index (χ4n) is 1.73. The van der Waals surface area contributed by atoms with E-state index in [2.05, 4.69) is 33.3 Å². The fourth-order valence-corrected chi connectivity index (χ4v) is 3.42. The van der Waals surface area contributed by atoms with E-state index in [4.69, 9.17) is 10.6 Å². The van der Waals surface area contributed by atoms with Gasteiger partial charge in [0.25, 0.3) is 0 Å². The molecule has 0 spiro atoms. The molecule has 4 nitrogen and oxygen atoms in total. The van der Waals surface area contributed by atoms with Crippen LogP contribution in [0.4, 0.5) is 0 Å². The van der Waals surface area contributed by atoms with Crippen LogP contribution in [0.5, 0.6) is 5.75 Å². The molecule has 0 aliphatic carbocycles. The van der Waals surface area contributed by atoms with Gasteiger partial charge in [0, 0.05) is 15.5 Å². The summed E-state index contributed by atoms with van der Waals surface area (Å²) in [5, 5.41) is 2.02. The lowest BCUT2D eigenvalue weighted by atomic mass is 10.1. The summed E-state index contributed by atoms with van der Waals surface area (Å²) in [6, 6.07) is 3.89. The van der Waals surface area contributed by atoms with Gasteiger partial charge in [0.15, 0.2) is 0 Å². The zero-order valence-corrected chi connectivity index (χ0v) is 13.0.